The largest absolute Gasteiger partial charge is 0.350 e. The average molecular weight is 452 g/mol. The molecule has 0 spiro atoms. The van der Waals surface area contributed by atoms with Gasteiger partial charge in [-0.3, -0.25) is 4.79 Å². The van der Waals surface area contributed by atoms with Crippen molar-refractivity contribution in [2.75, 3.05) is 27.7 Å². The van der Waals surface area contributed by atoms with Gasteiger partial charge in [0.2, 0.25) is 10.0 Å². The lowest BCUT2D eigenvalue weighted by molar-refractivity contribution is 0.0942. The number of rotatable bonds is 8. The van der Waals surface area contributed by atoms with Crippen LogP contribution in [-0.2, 0) is 10.0 Å². The van der Waals surface area contributed by atoms with Gasteiger partial charge in [-0.15, -0.1) is 0 Å². The molecule has 1 N–H and O–H groups in total. The number of hydrogen-bond acceptors (Lipinski definition) is 4. The molecule has 2 aromatic carbocycles. The smallest absolute Gasteiger partial charge is 0.252 e. The summed E-state index contributed by atoms with van der Waals surface area (Å²) in [5, 5.41) is 3.10. The van der Waals surface area contributed by atoms with Crippen LogP contribution in [0.4, 0.5) is 0 Å². The first kappa shape index (κ1) is 24.3. The number of likely N-dealkylation sites (N-methyl/N-ethyl adjacent to an activating group) is 1. The van der Waals surface area contributed by atoms with Crippen LogP contribution in [0.25, 0.3) is 0 Å². The molecule has 2 aromatic rings. The van der Waals surface area contributed by atoms with E-state index in [9.17, 15) is 13.2 Å². The summed E-state index contributed by atoms with van der Waals surface area (Å²) in [4.78, 5) is 14.9. The summed E-state index contributed by atoms with van der Waals surface area (Å²) in [6.45, 7) is 5.95. The molecule has 0 saturated heterocycles. The minimum Gasteiger partial charge on any atom is -0.350 e. The first-order chi connectivity index (χ1) is 13.9. The first-order valence-corrected chi connectivity index (χ1v) is 11.6. The Morgan fingerprint density at radius 2 is 1.67 bits per heavy atom. The van der Waals surface area contributed by atoms with E-state index in [0.717, 1.165) is 11.1 Å². The van der Waals surface area contributed by atoms with Crippen LogP contribution < -0.4 is 5.32 Å². The zero-order valence-corrected chi connectivity index (χ0v) is 19.9. The highest BCUT2D eigenvalue weighted by Gasteiger charge is 2.25. The number of aryl methyl sites for hydroxylation is 1. The van der Waals surface area contributed by atoms with Crippen molar-refractivity contribution in [3.05, 3.63) is 64.2 Å². The van der Waals surface area contributed by atoms with Crippen LogP contribution in [-0.4, -0.2) is 57.3 Å². The van der Waals surface area contributed by atoms with Crippen molar-refractivity contribution in [3.8, 4) is 0 Å². The number of carbonyl (C=O) groups excluding carboxylic acids is 1. The van der Waals surface area contributed by atoms with Crippen molar-refractivity contribution in [1.29, 1.82) is 0 Å². The molecular formula is C22H30ClN3O3S. The van der Waals surface area contributed by atoms with E-state index in [1.165, 1.54) is 29.6 Å². The van der Waals surface area contributed by atoms with E-state index in [1.807, 2.05) is 50.2 Å². The van der Waals surface area contributed by atoms with Crippen LogP contribution in [0.5, 0.6) is 0 Å². The van der Waals surface area contributed by atoms with Gasteiger partial charge in [0.05, 0.1) is 21.5 Å². The van der Waals surface area contributed by atoms with Crippen LogP contribution in [0.3, 0.4) is 0 Å². The predicted octanol–water partition coefficient (Wildman–Crippen LogP) is 3.71. The molecule has 1 atom stereocenters. The van der Waals surface area contributed by atoms with Crippen molar-refractivity contribution in [3.63, 3.8) is 0 Å². The molecule has 0 aliphatic heterocycles. The van der Waals surface area contributed by atoms with Gasteiger partial charge in [0.25, 0.3) is 5.91 Å². The van der Waals surface area contributed by atoms with Gasteiger partial charge in [-0.05, 0) is 58.6 Å². The van der Waals surface area contributed by atoms with Crippen molar-refractivity contribution in [2.24, 2.45) is 0 Å². The molecule has 30 heavy (non-hydrogen) atoms. The summed E-state index contributed by atoms with van der Waals surface area (Å²) in [6.07, 6.45) is 0. The lowest BCUT2D eigenvalue weighted by Gasteiger charge is -2.25. The second-order valence-corrected chi connectivity index (χ2v) is 10.3. The predicted molar refractivity (Wildman–Crippen MR) is 121 cm³/mol. The van der Waals surface area contributed by atoms with Crippen LogP contribution in [0.2, 0.25) is 5.02 Å². The van der Waals surface area contributed by atoms with E-state index in [0.29, 0.717) is 6.54 Å². The number of carbonyl (C=O) groups is 1. The monoisotopic (exact) mass is 451 g/mol. The third kappa shape index (κ3) is 5.60. The minimum absolute atomic E-state index is 0.0349. The SMILES string of the molecule is Cc1ccc(C(CNC(=O)c2cc(S(=O)(=O)N(C)C(C)C)ccc2Cl)N(C)C)cc1. The highest BCUT2D eigenvalue weighted by Crippen LogP contribution is 2.24. The summed E-state index contributed by atoms with van der Waals surface area (Å²) >= 11 is 6.22. The summed E-state index contributed by atoms with van der Waals surface area (Å²) in [7, 11) is 1.68. The summed E-state index contributed by atoms with van der Waals surface area (Å²) in [5.41, 5.74) is 2.37. The van der Waals surface area contributed by atoms with Crippen molar-refractivity contribution < 1.29 is 13.2 Å². The maximum absolute atomic E-state index is 12.8. The molecule has 1 amide bonds. The molecular weight excluding hydrogens is 422 g/mol. The van der Waals surface area contributed by atoms with Gasteiger partial charge in [0, 0.05) is 19.6 Å². The van der Waals surface area contributed by atoms with Crippen LogP contribution in [0.15, 0.2) is 47.4 Å². The van der Waals surface area contributed by atoms with Gasteiger partial charge in [-0.25, -0.2) is 8.42 Å². The molecule has 0 aromatic heterocycles. The molecule has 1 unspecified atom stereocenters. The Labute approximate surface area is 184 Å². The zero-order chi connectivity index (χ0) is 22.6. The van der Waals surface area contributed by atoms with Gasteiger partial charge in [0.15, 0.2) is 0 Å². The van der Waals surface area contributed by atoms with E-state index in [1.54, 1.807) is 13.8 Å². The van der Waals surface area contributed by atoms with Crippen LogP contribution >= 0.6 is 11.6 Å². The Kier molecular flexibility index (Phi) is 8.05. The third-order valence-electron chi connectivity index (χ3n) is 5.13. The summed E-state index contributed by atoms with van der Waals surface area (Å²) < 4.78 is 26.8. The molecule has 0 aliphatic carbocycles. The van der Waals surface area contributed by atoms with Gasteiger partial charge >= 0.3 is 0 Å². The summed E-state index contributed by atoms with van der Waals surface area (Å²) in [6, 6.07) is 12.1. The number of halogens is 1. The maximum Gasteiger partial charge on any atom is 0.252 e. The van der Waals surface area contributed by atoms with Crippen molar-refractivity contribution >= 4 is 27.5 Å². The standard InChI is InChI=1S/C22H30ClN3O3S/c1-15(2)26(6)30(28,29)18-11-12-20(23)19(13-18)22(27)24-14-21(25(4)5)17-9-7-16(3)8-10-17/h7-13,15,21H,14H2,1-6H3,(H,24,27). The lowest BCUT2D eigenvalue weighted by atomic mass is 10.0. The number of amides is 1. The Morgan fingerprint density at radius 1 is 1.07 bits per heavy atom. The topological polar surface area (TPSA) is 69.7 Å². The number of benzene rings is 2. The normalized spacial score (nSPS) is 13.1. The molecule has 0 heterocycles. The van der Waals surface area contributed by atoms with Crippen LogP contribution in [0, 0.1) is 6.92 Å². The second-order valence-electron chi connectivity index (χ2n) is 7.86. The Bertz CT molecular complexity index is 989. The Balaban J connectivity index is 2.25. The molecule has 0 saturated carbocycles. The van der Waals surface area contributed by atoms with E-state index in [4.69, 9.17) is 11.6 Å². The zero-order valence-electron chi connectivity index (χ0n) is 18.3. The van der Waals surface area contributed by atoms with Gasteiger partial charge in [-0.2, -0.15) is 4.31 Å². The van der Waals surface area contributed by atoms with E-state index >= 15 is 0 Å². The van der Waals surface area contributed by atoms with E-state index < -0.39 is 15.9 Å². The van der Waals surface area contributed by atoms with Gasteiger partial charge < -0.3 is 10.2 Å². The third-order valence-corrected chi connectivity index (χ3v) is 7.49. The number of nitrogens with one attached hydrogen (secondary N) is 1. The van der Waals surface area contributed by atoms with Gasteiger partial charge in [-0.1, -0.05) is 41.4 Å². The lowest BCUT2D eigenvalue weighted by Crippen LogP contribution is -2.35. The fourth-order valence-electron chi connectivity index (χ4n) is 2.95. The molecule has 2 rings (SSSR count). The van der Waals surface area contributed by atoms with Crippen LogP contribution in [0.1, 0.15) is 41.4 Å². The Morgan fingerprint density at radius 3 is 2.20 bits per heavy atom. The maximum atomic E-state index is 12.8. The van der Waals surface area contributed by atoms with Crippen molar-refractivity contribution in [1.82, 2.24) is 14.5 Å². The van der Waals surface area contributed by atoms with Gasteiger partial charge in [0.1, 0.15) is 0 Å². The molecule has 0 bridgehead atoms. The Hall–Kier alpha value is -1.93. The molecule has 0 radical (unpaired) electrons. The fourth-order valence-corrected chi connectivity index (χ4v) is 4.55. The molecule has 0 aliphatic rings. The van der Waals surface area contributed by atoms with Crippen molar-refractivity contribution in [2.45, 2.75) is 37.8 Å². The molecule has 0 fully saturated rings. The molecule has 164 valence electrons. The van der Waals surface area contributed by atoms with E-state index in [-0.39, 0.29) is 27.6 Å². The fraction of sp³-hybridized carbons (Fsp3) is 0.409. The first-order valence-electron chi connectivity index (χ1n) is 9.74. The number of nitrogens with zero attached hydrogens (tertiary/aromatic N) is 2. The van der Waals surface area contributed by atoms with E-state index in [2.05, 4.69) is 5.32 Å². The number of hydrogen-bond donors (Lipinski definition) is 1. The average Bonchev–Trinajstić information content (AvgIpc) is 2.68. The minimum atomic E-state index is -3.72. The second kappa shape index (κ2) is 9.92. The highest BCUT2D eigenvalue weighted by molar-refractivity contribution is 7.89. The molecule has 6 nitrogen and oxygen atoms in total. The summed E-state index contributed by atoms with van der Waals surface area (Å²) in [5.74, 6) is -0.414. The quantitative estimate of drug-likeness (QED) is 0.664. The highest BCUT2D eigenvalue weighted by atomic mass is 35.5. The molecule has 8 heteroatoms. The number of sulfonamides is 1.